The van der Waals surface area contributed by atoms with Gasteiger partial charge in [0, 0.05) is 5.57 Å². The van der Waals surface area contributed by atoms with Crippen molar-refractivity contribution < 1.29 is 4.79 Å². The number of amides is 1. The smallest absolute Gasteiger partial charge is 0.207 e. The molecular weight excluding hydrogens is 330 g/mol. The van der Waals surface area contributed by atoms with E-state index in [9.17, 15) is 4.79 Å². The zero-order chi connectivity index (χ0) is 18.8. The van der Waals surface area contributed by atoms with Gasteiger partial charge < -0.3 is 5.32 Å². The van der Waals surface area contributed by atoms with Gasteiger partial charge in [-0.3, -0.25) is 4.79 Å². The van der Waals surface area contributed by atoms with Gasteiger partial charge in [-0.25, -0.2) is 0 Å². The summed E-state index contributed by atoms with van der Waals surface area (Å²) in [4.78, 5) is 11.3. The molecule has 2 aliphatic rings. The Kier molecular flexibility index (Phi) is 4.50. The van der Waals surface area contributed by atoms with Crippen molar-refractivity contribution >= 4 is 22.8 Å². The molecule has 0 spiro atoms. The molecule has 1 amide bonds. The molecule has 0 aliphatic heterocycles. The third kappa shape index (κ3) is 2.91. The van der Waals surface area contributed by atoms with Crippen molar-refractivity contribution in [1.29, 1.82) is 0 Å². The lowest BCUT2D eigenvalue weighted by Gasteiger charge is -2.29. The average Bonchev–Trinajstić information content (AvgIpc) is 2.94. The number of hydrogen-bond donors (Lipinski definition) is 1. The first-order valence-electron chi connectivity index (χ1n) is 9.13. The van der Waals surface area contributed by atoms with E-state index in [-0.39, 0.29) is 6.04 Å². The Balaban J connectivity index is 2.03. The Morgan fingerprint density at radius 1 is 1.19 bits per heavy atom. The van der Waals surface area contributed by atoms with E-state index in [0.29, 0.717) is 0 Å². The number of carbonyl (C=O) groups excluding carboxylic acids is 1. The number of aryl methyl sites for hydroxylation is 1. The van der Waals surface area contributed by atoms with Gasteiger partial charge >= 0.3 is 0 Å². The molecule has 0 aromatic heterocycles. The molecule has 0 saturated carbocycles. The van der Waals surface area contributed by atoms with Crippen molar-refractivity contribution in [1.82, 2.24) is 5.32 Å². The fourth-order valence-corrected chi connectivity index (χ4v) is 3.99. The van der Waals surface area contributed by atoms with Crippen LogP contribution in [0.5, 0.6) is 0 Å². The zero-order valence-corrected chi connectivity index (χ0v) is 15.3. The Morgan fingerprint density at radius 3 is 2.85 bits per heavy atom. The molecule has 2 heteroatoms. The number of nitrogens with one attached hydrogen (secondary N) is 1. The number of allylic oxidation sites excluding steroid dienone is 6. The molecule has 0 bridgehead atoms. The summed E-state index contributed by atoms with van der Waals surface area (Å²) >= 11 is 0. The van der Waals surface area contributed by atoms with E-state index in [2.05, 4.69) is 85.3 Å². The van der Waals surface area contributed by atoms with Crippen LogP contribution in [-0.2, 0) is 4.79 Å². The number of hydrogen-bond acceptors (Lipinski definition) is 1. The molecule has 2 aromatic carbocycles. The first kappa shape index (κ1) is 17.1. The third-order valence-electron chi connectivity index (χ3n) is 5.22. The zero-order valence-electron chi connectivity index (χ0n) is 15.3. The van der Waals surface area contributed by atoms with Gasteiger partial charge in [0.2, 0.25) is 6.41 Å². The van der Waals surface area contributed by atoms with E-state index in [1.54, 1.807) is 0 Å². The second-order valence-corrected chi connectivity index (χ2v) is 6.78. The van der Waals surface area contributed by atoms with Gasteiger partial charge in [-0.1, -0.05) is 67.3 Å². The molecule has 1 unspecified atom stereocenters. The van der Waals surface area contributed by atoms with E-state index >= 15 is 0 Å². The van der Waals surface area contributed by atoms with Crippen molar-refractivity contribution in [3.8, 4) is 0 Å². The highest BCUT2D eigenvalue weighted by Gasteiger charge is 2.28. The summed E-state index contributed by atoms with van der Waals surface area (Å²) < 4.78 is 0. The van der Waals surface area contributed by atoms with Gasteiger partial charge in [0.15, 0.2) is 0 Å². The van der Waals surface area contributed by atoms with Crippen molar-refractivity contribution in [2.45, 2.75) is 19.4 Å². The molecule has 4 rings (SSSR count). The summed E-state index contributed by atoms with van der Waals surface area (Å²) in [5, 5.41) is 5.35. The van der Waals surface area contributed by atoms with E-state index < -0.39 is 0 Å². The van der Waals surface area contributed by atoms with Crippen molar-refractivity contribution in [3.05, 3.63) is 107 Å². The topological polar surface area (TPSA) is 29.1 Å². The summed E-state index contributed by atoms with van der Waals surface area (Å²) in [5.74, 6) is 0. The maximum Gasteiger partial charge on any atom is 0.207 e. The summed E-state index contributed by atoms with van der Waals surface area (Å²) in [6, 6.07) is 12.5. The average molecular weight is 351 g/mol. The van der Waals surface area contributed by atoms with Gasteiger partial charge in [0.25, 0.3) is 0 Å². The predicted octanol–water partition coefficient (Wildman–Crippen LogP) is 5.18. The van der Waals surface area contributed by atoms with Crippen LogP contribution in [0.25, 0.3) is 16.3 Å². The van der Waals surface area contributed by atoms with Crippen LogP contribution in [0.3, 0.4) is 0 Å². The predicted molar refractivity (Wildman–Crippen MR) is 112 cm³/mol. The third-order valence-corrected chi connectivity index (χ3v) is 5.22. The fourth-order valence-electron chi connectivity index (χ4n) is 3.99. The van der Waals surface area contributed by atoms with Crippen LogP contribution in [0, 0.1) is 6.92 Å². The van der Waals surface area contributed by atoms with Crippen LogP contribution in [-0.4, -0.2) is 12.5 Å². The molecular formula is C25H21NO. The molecule has 1 atom stereocenters. The minimum absolute atomic E-state index is 0.179. The number of fused-ring (bicyclic) bond motifs is 2. The van der Waals surface area contributed by atoms with Gasteiger partial charge in [0.05, 0.1) is 6.04 Å². The SMILES string of the molecule is C=C=C1C2=CCC=CC=C2C(NC=O)C=C1c1c(C)ccc2ccccc12. The second kappa shape index (κ2) is 7.11. The largest absolute Gasteiger partial charge is 0.348 e. The molecule has 132 valence electrons. The minimum Gasteiger partial charge on any atom is -0.348 e. The Hall–Kier alpha value is -3.35. The quantitative estimate of drug-likeness (QED) is 0.599. The van der Waals surface area contributed by atoms with Crippen molar-refractivity contribution in [2.75, 3.05) is 0 Å². The van der Waals surface area contributed by atoms with Gasteiger partial charge in [-0.05, 0) is 58.0 Å². The number of rotatable bonds is 3. The number of benzene rings is 2. The van der Waals surface area contributed by atoms with Gasteiger partial charge in [-0.15, -0.1) is 5.73 Å². The van der Waals surface area contributed by atoms with Gasteiger partial charge in [0.1, 0.15) is 0 Å². The maximum absolute atomic E-state index is 11.3. The minimum atomic E-state index is -0.179. The van der Waals surface area contributed by atoms with Crippen LogP contribution in [0.4, 0.5) is 0 Å². The van der Waals surface area contributed by atoms with E-state index in [1.807, 2.05) is 6.08 Å². The summed E-state index contributed by atoms with van der Waals surface area (Å²) in [7, 11) is 0. The Bertz CT molecular complexity index is 1100. The highest BCUT2D eigenvalue weighted by molar-refractivity contribution is 6.02. The summed E-state index contributed by atoms with van der Waals surface area (Å²) in [6.07, 6.45) is 12.1. The van der Waals surface area contributed by atoms with Crippen LogP contribution in [0.15, 0.2) is 95.8 Å². The monoisotopic (exact) mass is 351 g/mol. The van der Waals surface area contributed by atoms with Crippen LogP contribution < -0.4 is 5.32 Å². The lowest BCUT2D eigenvalue weighted by Crippen LogP contribution is -2.31. The molecule has 0 radical (unpaired) electrons. The van der Waals surface area contributed by atoms with E-state index in [1.165, 1.54) is 21.9 Å². The molecule has 1 N–H and O–H groups in total. The summed E-state index contributed by atoms with van der Waals surface area (Å²) in [5.41, 5.74) is 9.78. The maximum atomic E-state index is 11.3. The van der Waals surface area contributed by atoms with Gasteiger partial charge in [-0.2, -0.15) is 0 Å². The van der Waals surface area contributed by atoms with Crippen LogP contribution in [0.1, 0.15) is 17.5 Å². The molecule has 2 nitrogen and oxygen atoms in total. The lowest BCUT2D eigenvalue weighted by molar-refractivity contribution is -0.109. The molecule has 0 heterocycles. The van der Waals surface area contributed by atoms with E-state index in [0.717, 1.165) is 35.1 Å². The molecule has 27 heavy (non-hydrogen) atoms. The fraction of sp³-hybridized carbons (Fsp3) is 0.120. The normalized spacial score (nSPS) is 18.6. The van der Waals surface area contributed by atoms with Crippen LogP contribution in [0.2, 0.25) is 0 Å². The van der Waals surface area contributed by atoms with E-state index in [4.69, 9.17) is 0 Å². The molecule has 2 aliphatic carbocycles. The standard InChI is InChI=1S/C25H21NO/c1-3-19-21-11-5-4-6-12-22(21)24(26-16-27)15-23(19)25-17(2)13-14-18-9-7-8-10-20(18)25/h4,6-16,24H,1,5H2,2H3,(H,26,27). The molecule has 0 fully saturated rings. The van der Waals surface area contributed by atoms with Crippen molar-refractivity contribution in [3.63, 3.8) is 0 Å². The highest BCUT2D eigenvalue weighted by Crippen LogP contribution is 2.42. The first-order valence-corrected chi connectivity index (χ1v) is 9.13. The first-order chi connectivity index (χ1) is 13.2. The van der Waals surface area contributed by atoms with Crippen LogP contribution >= 0.6 is 0 Å². The Morgan fingerprint density at radius 2 is 2.04 bits per heavy atom. The summed E-state index contributed by atoms with van der Waals surface area (Å²) in [6.45, 7) is 6.11. The Labute approximate surface area is 159 Å². The highest BCUT2D eigenvalue weighted by atomic mass is 16.1. The van der Waals surface area contributed by atoms with Crippen molar-refractivity contribution in [2.24, 2.45) is 0 Å². The molecule has 2 aromatic rings. The number of carbonyl (C=O) groups is 1. The second-order valence-electron chi connectivity index (χ2n) is 6.78. The lowest BCUT2D eigenvalue weighted by atomic mass is 9.77. The molecule has 0 saturated heterocycles.